The zero-order valence-corrected chi connectivity index (χ0v) is 17.5. The van der Waals surface area contributed by atoms with Gasteiger partial charge in [0.2, 0.25) is 11.7 Å². The van der Waals surface area contributed by atoms with Crippen LogP contribution in [-0.4, -0.2) is 30.0 Å². The summed E-state index contributed by atoms with van der Waals surface area (Å²) in [5.74, 6) is -1.59. The van der Waals surface area contributed by atoms with Crippen LogP contribution in [-0.2, 0) is 14.8 Å². The maximum absolute atomic E-state index is 13.2. The van der Waals surface area contributed by atoms with Crippen molar-refractivity contribution in [2.24, 2.45) is 5.10 Å². The quantitative estimate of drug-likeness (QED) is 0.352. The molecule has 0 radical (unpaired) electrons. The Hall–Kier alpha value is -4.08. The molecule has 0 aliphatic carbocycles. The smallest absolute Gasteiger partial charge is 0.287 e. The number of nitrogens with one attached hydrogen (secondary N) is 3. The van der Waals surface area contributed by atoms with E-state index >= 15 is 0 Å². The first-order valence-corrected chi connectivity index (χ1v) is 10.5. The molecule has 3 aromatic rings. The normalized spacial score (nSPS) is 11.3. The SMILES string of the molecule is N#C/C(=N\Nc1ccc(S(=O)(=O)Nc2ncccn2)cc1)C(=O)Nc1ccc(F)c(Cl)c1. The number of aromatic nitrogens is 2. The van der Waals surface area contributed by atoms with Crippen molar-refractivity contribution in [1.82, 2.24) is 9.97 Å². The molecule has 1 amide bonds. The highest BCUT2D eigenvalue weighted by molar-refractivity contribution is 7.92. The number of benzene rings is 2. The Balaban J connectivity index is 1.67. The second-order valence-corrected chi connectivity index (χ2v) is 8.06. The molecule has 2 aromatic carbocycles. The summed E-state index contributed by atoms with van der Waals surface area (Å²) >= 11 is 5.65. The van der Waals surface area contributed by atoms with E-state index in [1.807, 2.05) is 0 Å². The molecule has 3 N–H and O–H groups in total. The third kappa shape index (κ3) is 5.75. The Morgan fingerprint density at radius 1 is 1.09 bits per heavy atom. The van der Waals surface area contributed by atoms with Crippen LogP contribution in [0.1, 0.15) is 0 Å². The number of sulfonamides is 1. The van der Waals surface area contributed by atoms with Gasteiger partial charge in [-0.05, 0) is 48.5 Å². The highest BCUT2D eigenvalue weighted by Crippen LogP contribution is 2.19. The Bertz CT molecular complexity index is 1310. The van der Waals surface area contributed by atoms with Crippen LogP contribution in [0.2, 0.25) is 5.02 Å². The number of halogens is 2. The van der Waals surface area contributed by atoms with Gasteiger partial charge < -0.3 is 5.32 Å². The lowest BCUT2D eigenvalue weighted by Gasteiger charge is -2.07. The van der Waals surface area contributed by atoms with Gasteiger partial charge >= 0.3 is 0 Å². The molecule has 0 bridgehead atoms. The maximum Gasteiger partial charge on any atom is 0.287 e. The topological polar surface area (TPSA) is 149 Å². The van der Waals surface area contributed by atoms with Crippen LogP contribution >= 0.6 is 11.6 Å². The molecular formula is C19H13ClFN7O3S. The summed E-state index contributed by atoms with van der Waals surface area (Å²) in [4.78, 5) is 19.7. The molecule has 1 aromatic heterocycles. The summed E-state index contributed by atoms with van der Waals surface area (Å²) < 4.78 is 40.2. The van der Waals surface area contributed by atoms with Gasteiger partial charge in [-0.15, -0.1) is 0 Å². The van der Waals surface area contributed by atoms with E-state index < -0.39 is 27.5 Å². The molecule has 10 nitrogen and oxygen atoms in total. The van der Waals surface area contributed by atoms with Gasteiger partial charge in [-0.1, -0.05) is 11.6 Å². The molecule has 0 saturated carbocycles. The lowest BCUT2D eigenvalue weighted by molar-refractivity contribution is -0.110. The van der Waals surface area contributed by atoms with Gasteiger partial charge in [0.25, 0.3) is 15.9 Å². The number of anilines is 3. The van der Waals surface area contributed by atoms with Crippen molar-refractivity contribution in [1.29, 1.82) is 5.26 Å². The fourth-order valence-corrected chi connectivity index (χ4v) is 3.39. The number of carbonyl (C=O) groups is 1. The van der Waals surface area contributed by atoms with E-state index in [4.69, 9.17) is 11.6 Å². The van der Waals surface area contributed by atoms with E-state index in [0.29, 0.717) is 5.69 Å². The number of rotatable bonds is 7. The van der Waals surface area contributed by atoms with Crippen molar-refractivity contribution < 1.29 is 17.6 Å². The molecule has 0 spiro atoms. The molecule has 32 heavy (non-hydrogen) atoms. The van der Waals surface area contributed by atoms with Crippen LogP contribution in [0.3, 0.4) is 0 Å². The summed E-state index contributed by atoms with van der Waals surface area (Å²) in [5.41, 5.74) is 2.45. The number of hydrogen-bond acceptors (Lipinski definition) is 8. The summed E-state index contributed by atoms with van der Waals surface area (Å²) in [7, 11) is -3.91. The molecule has 3 rings (SSSR count). The van der Waals surface area contributed by atoms with Crippen molar-refractivity contribution in [2.45, 2.75) is 4.90 Å². The number of hydrogen-bond donors (Lipinski definition) is 3. The van der Waals surface area contributed by atoms with Crippen LogP contribution in [0.5, 0.6) is 0 Å². The largest absolute Gasteiger partial charge is 0.320 e. The molecule has 0 fully saturated rings. The third-order valence-corrected chi connectivity index (χ3v) is 5.39. The first-order chi connectivity index (χ1) is 15.3. The van der Waals surface area contributed by atoms with Gasteiger partial charge in [0, 0.05) is 18.1 Å². The average molecular weight is 474 g/mol. The monoisotopic (exact) mass is 473 g/mol. The van der Waals surface area contributed by atoms with E-state index in [2.05, 4.69) is 30.5 Å². The van der Waals surface area contributed by atoms with E-state index in [1.165, 1.54) is 48.8 Å². The van der Waals surface area contributed by atoms with E-state index in [0.717, 1.165) is 6.07 Å². The summed E-state index contributed by atoms with van der Waals surface area (Å²) in [6, 6.07) is 12.0. The van der Waals surface area contributed by atoms with Crippen molar-refractivity contribution in [3.63, 3.8) is 0 Å². The van der Waals surface area contributed by atoms with Crippen LogP contribution < -0.4 is 15.5 Å². The van der Waals surface area contributed by atoms with Gasteiger partial charge in [0.15, 0.2) is 0 Å². The second kappa shape index (κ2) is 9.82. The standard InChI is InChI=1S/C19H13ClFN7O3S/c20-15-10-13(4-7-16(15)21)25-18(29)17(11-22)27-26-12-2-5-14(6-3-12)32(30,31)28-19-23-8-1-9-24-19/h1-10,26H,(H,25,29)(H,23,24,28)/b27-17+. The molecule has 0 aliphatic rings. The van der Waals surface area contributed by atoms with Crippen LogP contribution in [0.25, 0.3) is 0 Å². The highest BCUT2D eigenvalue weighted by atomic mass is 35.5. The van der Waals surface area contributed by atoms with Gasteiger partial charge in [0.05, 0.1) is 15.6 Å². The van der Waals surface area contributed by atoms with Gasteiger partial charge in [-0.25, -0.2) is 27.5 Å². The van der Waals surface area contributed by atoms with Crippen molar-refractivity contribution >= 4 is 50.6 Å². The molecule has 162 valence electrons. The fraction of sp³-hybridized carbons (Fsp3) is 0. The zero-order valence-electron chi connectivity index (χ0n) is 16.0. The predicted octanol–water partition coefficient (Wildman–Crippen LogP) is 3.00. The van der Waals surface area contributed by atoms with Crippen molar-refractivity contribution in [2.75, 3.05) is 15.5 Å². The van der Waals surface area contributed by atoms with E-state index in [-0.39, 0.29) is 21.6 Å². The Labute approximate surface area is 186 Å². The van der Waals surface area contributed by atoms with E-state index in [9.17, 15) is 22.9 Å². The zero-order chi connectivity index (χ0) is 23.1. The summed E-state index contributed by atoms with van der Waals surface area (Å²) in [6.07, 6.45) is 2.78. The molecule has 1 heterocycles. The molecular weight excluding hydrogens is 461 g/mol. The maximum atomic E-state index is 13.2. The molecule has 0 saturated heterocycles. The fourth-order valence-electron chi connectivity index (χ4n) is 2.25. The average Bonchev–Trinajstić information content (AvgIpc) is 2.77. The number of carbonyl (C=O) groups excluding carboxylic acids is 1. The van der Waals surface area contributed by atoms with Crippen LogP contribution in [0, 0.1) is 17.1 Å². The third-order valence-electron chi connectivity index (χ3n) is 3.75. The highest BCUT2D eigenvalue weighted by Gasteiger charge is 2.16. The molecule has 0 aliphatic heterocycles. The molecule has 0 atom stereocenters. The lowest BCUT2D eigenvalue weighted by Crippen LogP contribution is -2.22. The first-order valence-electron chi connectivity index (χ1n) is 8.68. The van der Waals surface area contributed by atoms with Crippen molar-refractivity contribution in [3.8, 4) is 6.07 Å². The summed E-state index contributed by atoms with van der Waals surface area (Å²) in [5, 5.41) is 15.1. The van der Waals surface area contributed by atoms with Gasteiger partial charge in [-0.3, -0.25) is 10.2 Å². The Kier molecular flexibility index (Phi) is 6.93. The van der Waals surface area contributed by atoms with Crippen LogP contribution in [0.4, 0.5) is 21.7 Å². The minimum atomic E-state index is -3.91. The summed E-state index contributed by atoms with van der Waals surface area (Å²) in [6.45, 7) is 0. The molecule has 13 heteroatoms. The Morgan fingerprint density at radius 3 is 2.38 bits per heavy atom. The second-order valence-electron chi connectivity index (χ2n) is 5.97. The van der Waals surface area contributed by atoms with E-state index in [1.54, 1.807) is 12.1 Å². The number of nitrogens with zero attached hydrogens (tertiary/aromatic N) is 4. The minimum absolute atomic E-state index is 0.0640. The van der Waals surface area contributed by atoms with Gasteiger partial charge in [-0.2, -0.15) is 10.4 Å². The minimum Gasteiger partial charge on any atom is -0.320 e. The van der Waals surface area contributed by atoms with Crippen molar-refractivity contribution in [3.05, 3.63) is 71.8 Å². The number of hydrazone groups is 1. The first kappa shape index (κ1) is 22.6. The number of amides is 1. The Morgan fingerprint density at radius 2 is 1.75 bits per heavy atom. The lowest BCUT2D eigenvalue weighted by atomic mass is 10.3. The molecule has 0 unspecified atom stereocenters. The predicted molar refractivity (Wildman–Crippen MR) is 116 cm³/mol. The van der Waals surface area contributed by atoms with Crippen LogP contribution in [0.15, 0.2) is 70.9 Å². The van der Waals surface area contributed by atoms with Gasteiger partial charge in [0.1, 0.15) is 11.9 Å². The number of nitriles is 1.